The molecule has 9 nitrogen and oxygen atoms in total. The molecule has 0 aliphatic carbocycles. The van der Waals surface area contributed by atoms with E-state index in [1.165, 1.54) is 6.26 Å². The van der Waals surface area contributed by atoms with Crippen molar-refractivity contribution in [3.63, 3.8) is 0 Å². The molecular weight excluding hydrogens is 612 g/mol. The van der Waals surface area contributed by atoms with Crippen molar-refractivity contribution in [2.24, 2.45) is 0 Å². The van der Waals surface area contributed by atoms with Gasteiger partial charge in [0.2, 0.25) is 6.79 Å². The Morgan fingerprint density at radius 2 is 1.31 bits per heavy atom. The Balaban J connectivity index is 1.23. The van der Waals surface area contributed by atoms with Gasteiger partial charge in [-0.05, 0) is 103 Å². The van der Waals surface area contributed by atoms with Crippen LogP contribution in [0.2, 0.25) is 0 Å². The van der Waals surface area contributed by atoms with E-state index in [-0.39, 0.29) is 19.5 Å². The van der Waals surface area contributed by atoms with E-state index in [1.54, 1.807) is 48.5 Å². The molecule has 0 spiro atoms. The summed E-state index contributed by atoms with van der Waals surface area (Å²) >= 11 is 0. The van der Waals surface area contributed by atoms with Gasteiger partial charge in [-0.1, -0.05) is 45.6 Å². The molecule has 4 aromatic carbocycles. The van der Waals surface area contributed by atoms with E-state index in [0.717, 1.165) is 53.8 Å². The molecule has 0 saturated carbocycles. The van der Waals surface area contributed by atoms with Crippen LogP contribution in [0.1, 0.15) is 61.4 Å². The third kappa shape index (κ3) is 11.2. The van der Waals surface area contributed by atoms with Gasteiger partial charge >= 0.3 is 11.9 Å². The molecule has 0 bridgehead atoms. The highest BCUT2D eigenvalue weighted by Crippen LogP contribution is 2.32. The Morgan fingerprint density at radius 1 is 0.667 bits per heavy atom. The van der Waals surface area contributed by atoms with E-state index < -0.39 is 11.9 Å². The first-order chi connectivity index (χ1) is 23.4. The molecule has 0 aromatic heterocycles. The maximum absolute atomic E-state index is 13.1. The number of benzene rings is 4. The summed E-state index contributed by atoms with van der Waals surface area (Å²) in [4.78, 5) is 24.6. The van der Waals surface area contributed by atoms with Crippen molar-refractivity contribution in [3.8, 4) is 28.7 Å². The zero-order chi connectivity index (χ0) is 34.1. The highest BCUT2D eigenvalue weighted by Gasteiger charge is 2.16. The summed E-state index contributed by atoms with van der Waals surface area (Å²) in [5, 5.41) is 1.62. The van der Waals surface area contributed by atoms with Gasteiger partial charge in [0.1, 0.15) is 28.7 Å². The van der Waals surface area contributed by atoms with Crippen molar-refractivity contribution in [2.45, 2.75) is 45.4 Å². The lowest BCUT2D eigenvalue weighted by molar-refractivity contribution is -0.128. The van der Waals surface area contributed by atoms with Crippen molar-refractivity contribution in [1.29, 1.82) is 0 Å². The van der Waals surface area contributed by atoms with Crippen molar-refractivity contribution in [1.82, 2.24) is 0 Å². The highest BCUT2D eigenvalue weighted by molar-refractivity contribution is 5.97. The molecule has 4 aromatic rings. The fourth-order valence-electron chi connectivity index (χ4n) is 4.69. The van der Waals surface area contributed by atoms with Crippen LogP contribution in [0, 0.1) is 0 Å². The average Bonchev–Trinajstić information content (AvgIpc) is 3.09. The quantitative estimate of drug-likeness (QED) is 0.0231. The second kappa shape index (κ2) is 18.8. The Bertz CT molecular complexity index is 1660. The second-order valence-corrected chi connectivity index (χ2v) is 11.1. The molecule has 0 aliphatic rings. The number of fused-ring (bicyclic) bond motifs is 1. The van der Waals surface area contributed by atoms with Gasteiger partial charge in [-0.2, -0.15) is 0 Å². The van der Waals surface area contributed by atoms with Crippen LogP contribution in [0.4, 0.5) is 0 Å². The van der Waals surface area contributed by atoms with Gasteiger partial charge in [0.05, 0.1) is 25.0 Å². The van der Waals surface area contributed by atoms with Crippen molar-refractivity contribution in [2.75, 3.05) is 26.8 Å². The van der Waals surface area contributed by atoms with E-state index in [4.69, 9.17) is 33.2 Å². The molecule has 0 atom stereocenters. The summed E-state index contributed by atoms with van der Waals surface area (Å²) in [7, 11) is 0. The molecular formula is C39H42O9. The molecule has 9 heteroatoms. The van der Waals surface area contributed by atoms with Crippen molar-refractivity contribution < 1.29 is 42.7 Å². The Kier molecular flexibility index (Phi) is 13.9. The summed E-state index contributed by atoms with van der Waals surface area (Å²) in [6.07, 6.45) is 6.56. The first-order valence-electron chi connectivity index (χ1n) is 15.9. The van der Waals surface area contributed by atoms with Crippen LogP contribution in [0.25, 0.3) is 10.8 Å². The number of hydrogen-bond acceptors (Lipinski definition) is 9. The lowest BCUT2D eigenvalue weighted by atomic mass is 10.0. The van der Waals surface area contributed by atoms with Gasteiger partial charge in [-0.15, -0.1) is 0 Å². The third-order valence-corrected chi connectivity index (χ3v) is 7.23. The summed E-state index contributed by atoms with van der Waals surface area (Å²) in [5.74, 6) is 1.92. The molecule has 48 heavy (non-hydrogen) atoms. The van der Waals surface area contributed by atoms with Gasteiger partial charge in [0.15, 0.2) is 6.79 Å². The maximum Gasteiger partial charge on any atom is 0.343 e. The van der Waals surface area contributed by atoms with Crippen LogP contribution in [-0.4, -0.2) is 38.7 Å². The number of carbonyl (C=O) groups is 2. The first-order valence-corrected chi connectivity index (χ1v) is 15.9. The topological polar surface area (TPSA) is 98.8 Å². The van der Waals surface area contributed by atoms with E-state index >= 15 is 0 Å². The summed E-state index contributed by atoms with van der Waals surface area (Å²) in [5.41, 5.74) is 1.22. The van der Waals surface area contributed by atoms with Crippen LogP contribution >= 0.6 is 0 Å². The fourth-order valence-corrected chi connectivity index (χ4v) is 4.69. The number of hydrogen-bond donors (Lipinski definition) is 0. The maximum atomic E-state index is 13.1. The smallest absolute Gasteiger partial charge is 0.343 e. The fraction of sp³-hybridized carbons (Fsp3) is 0.282. The number of rotatable bonds is 20. The third-order valence-electron chi connectivity index (χ3n) is 7.23. The lowest BCUT2D eigenvalue weighted by Crippen LogP contribution is -2.11. The molecule has 0 radical (unpaired) electrons. The van der Waals surface area contributed by atoms with E-state index in [0.29, 0.717) is 41.8 Å². The predicted octanol–water partition coefficient (Wildman–Crippen LogP) is 8.76. The van der Waals surface area contributed by atoms with E-state index in [9.17, 15) is 9.59 Å². The molecule has 0 fully saturated rings. The molecule has 4 rings (SSSR count). The second-order valence-electron chi connectivity index (χ2n) is 11.1. The molecule has 0 unspecified atom stereocenters. The minimum atomic E-state index is -0.539. The van der Waals surface area contributed by atoms with Crippen LogP contribution < -0.4 is 23.7 Å². The average molecular weight is 655 g/mol. The number of ether oxygens (including phenoxy) is 7. The monoisotopic (exact) mass is 654 g/mol. The highest BCUT2D eigenvalue weighted by atomic mass is 16.7. The molecule has 0 saturated heterocycles. The Labute approximate surface area is 281 Å². The molecule has 0 aliphatic heterocycles. The summed E-state index contributed by atoms with van der Waals surface area (Å²) in [6, 6.07) is 23.1. The zero-order valence-electron chi connectivity index (χ0n) is 27.5. The lowest BCUT2D eigenvalue weighted by Gasteiger charge is -2.16. The van der Waals surface area contributed by atoms with Gasteiger partial charge in [0, 0.05) is 11.6 Å². The van der Waals surface area contributed by atoms with Crippen LogP contribution in [0.3, 0.4) is 0 Å². The Hall–Kier alpha value is -5.28. The normalized spacial score (nSPS) is 10.7. The number of esters is 2. The van der Waals surface area contributed by atoms with Crippen molar-refractivity contribution in [3.05, 3.63) is 115 Å². The summed E-state index contributed by atoms with van der Waals surface area (Å²) < 4.78 is 38.7. The minimum Gasteiger partial charge on any atom is -0.494 e. The molecule has 0 N–H and O–H groups in total. The summed E-state index contributed by atoms with van der Waals surface area (Å²) in [6.45, 7) is 12.5. The molecule has 0 amide bonds. The van der Waals surface area contributed by atoms with Crippen LogP contribution in [0.15, 0.2) is 104 Å². The minimum absolute atomic E-state index is 0.00585. The van der Waals surface area contributed by atoms with Crippen LogP contribution in [-0.2, 0) is 14.3 Å². The van der Waals surface area contributed by atoms with E-state index in [1.807, 2.05) is 44.2 Å². The predicted molar refractivity (Wildman–Crippen MR) is 184 cm³/mol. The molecule has 252 valence electrons. The SMILES string of the molecule is C=COCOCCCCCCOc1ccc(OCOc2ccc(OC(=O)c3ccc4cc(OC(=O)C=C)ccc4c3)c(C(C)C)c2)cc1. The number of carbonyl (C=O) groups excluding carboxylic acids is 2. The standard InChI is InChI=1S/C39H42O9/c1-5-38(40)47-35-14-13-29-23-31(12-11-30(29)24-35)39(41)48-37-20-19-34(25-36(37)28(3)4)46-27-45-33-17-15-32(16-18-33)44-22-10-8-7-9-21-43-26-42-6-2/h5-6,11-20,23-25,28H,1-2,7-10,21-22,26-27H2,3-4H3. The zero-order valence-corrected chi connectivity index (χ0v) is 27.5. The van der Waals surface area contributed by atoms with Crippen LogP contribution in [0.5, 0.6) is 28.7 Å². The first kappa shape index (κ1) is 35.6. The van der Waals surface area contributed by atoms with Gasteiger partial charge in [0.25, 0.3) is 0 Å². The number of unbranched alkanes of at least 4 members (excludes halogenated alkanes) is 3. The Morgan fingerprint density at radius 3 is 2.04 bits per heavy atom. The molecule has 0 heterocycles. The van der Waals surface area contributed by atoms with Crippen molar-refractivity contribution >= 4 is 22.7 Å². The van der Waals surface area contributed by atoms with Gasteiger partial charge in [-0.3, -0.25) is 0 Å². The van der Waals surface area contributed by atoms with Gasteiger partial charge in [-0.25, -0.2) is 9.59 Å². The largest absolute Gasteiger partial charge is 0.494 e. The van der Waals surface area contributed by atoms with E-state index in [2.05, 4.69) is 13.2 Å². The van der Waals surface area contributed by atoms with Gasteiger partial charge < -0.3 is 33.2 Å².